The van der Waals surface area contributed by atoms with E-state index in [-0.39, 0.29) is 11.1 Å². The number of carbonyl (C=O) groups is 1. The summed E-state index contributed by atoms with van der Waals surface area (Å²) in [7, 11) is 0. The van der Waals surface area contributed by atoms with Crippen molar-refractivity contribution >= 4 is 5.97 Å². The van der Waals surface area contributed by atoms with Crippen LogP contribution in [0, 0.1) is 0 Å². The molecular formula is C17H33NO2. The number of unbranched alkanes of at least 4 members (excludes halogenated alkanes) is 3. The van der Waals surface area contributed by atoms with Crippen LogP contribution in [-0.2, 0) is 4.79 Å². The van der Waals surface area contributed by atoms with Crippen molar-refractivity contribution in [1.82, 2.24) is 4.90 Å². The van der Waals surface area contributed by atoms with Crippen molar-refractivity contribution in [1.29, 1.82) is 0 Å². The van der Waals surface area contributed by atoms with E-state index in [0.717, 1.165) is 32.2 Å². The second kappa shape index (κ2) is 7.82. The minimum atomic E-state index is -0.864. The van der Waals surface area contributed by atoms with Crippen LogP contribution in [0.15, 0.2) is 12.2 Å². The first-order valence-corrected chi connectivity index (χ1v) is 7.65. The van der Waals surface area contributed by atoms with E-state index in [2.05, 4.69) is 53.0 Å². The number of hydrogen-bond donors (Lipinski definition) is 1. The summed E-state index contributed by atoms with van der Waals surface area (Å²) in [4.78, 5) is 13.2. The summed E-state index contributed by atoms with van der Waals surface area (Å²) >= 11 is 0. The van der Waals surface area contributed by atoms with Crippen LogP contribution in [0.5, 0.6) is 0 Å². The van der Waals surface area contributed by atoms with Crippen molar-refractivity contribution in [3.63, 3.8) is 0 Å². The molecule has 0 aliphatic heterocycles. The van der Waals surface area contributed by atoms with Gasteiger partial charge in [-0.2, -0.15) is 0 Å². The van der Waals surface area contributed by atoms with Crippen LogP contribution in [-0.4, -0.2) is 33.6 Å². The molecule has 1 N–H and O–H groups in total. The molecule has 0 spiro atoms. The van der Waals surface area contributed by atoms with Crippen molar-refractivity contribution in [3.8, 4) is 0 Å². The number of nitrogens with zero attached hydrogens (tertiary/aromatic N) is 1. The monoisotopic (exact) mass is 283 g/mol. The number of hydrogen-bond acceptors (Lipinski definition) is 2. The molecule has 0 bridgehead atoms. The molecule has 0 aromatic heterocycles. The molecule has 0 aliphatic carbocycles. The molecule has 3 heteroatoms. The highest BCUT2D eigenvalue weighted by Gasteiger charge is 2.30. The van der Waals surface area contributed by atoms with Crippen LogP contribution in [0.1, 0.15) is 73.6 Å². The van der Waals surface area contributed by atoms with Crippen LogP contribution < -0.4 is 0 Å². The Morgan fingerprint density at radius 2 is 1.40 bits per heavy atom. The van der Waals surface area contributed by atoms with E-state index in [1.165, 1.54) is 0 Å². The predicted molar refractivity (Wildman–Crippen MR) is 86.1 cm³/mol. The van der Waals surface area contributed by atoms with E-state index >= 15 is 0 Å². The van der Waals surface area contributed by atoms with E-state index < -0.39 is 5.97 Å². The zero-order valence-electron chi connectivity index (χ0n) is 14.3. The first kappa shape index (κ1) is 19.2. The SMILES string of the molecule is C=C(CCCCCCN(C(C)(C)C)C(C)(C)C)C(=O)O. The largest absolute Gasteiger partial charge is 0.478 e. The summed E-state index contributed by atoms with van der Waals surface area (Å²) in [6, 6.07) is 0. The van der Waals surface area contributed by atoms with Crippen molar-refractivity contribution < 1.29 is 9.90 Å². The first-order valence-electron chi connectivity index (χ1n) is 7.65. The summed E-state index contributed by atoms with van der Waals surface area (Å²) < 4.78 is 0. The normalized spacial score (nSPS) is 12.8. The van der Waals surface area contributed by atoms with Gasteiger partial charge in [0.2, 0.25) is 0 Å². The Kier molecular flexibility index (Phi) is 7.50. The summed E-state index contributed by atoms with van der Waals surface area (Å²) in [6.07, 6.45) is 4.92. The average Bonchev–Trinajstić information content (AvgIpc) is 2.23. The molecular weight excluding hydrogens is 250 g/mol. The van der Waals surface area contributed by atoms with Gasteiger partial charge in [0, 0.05) is 16.7 Å². The van der Waals surface area contributed by atoms with Crippen molar-refractivity contribution in [2.75, 3.05) is 6.54 Å². The van der Waals surface area contributed by atoms with Gasteiger partial charge < -0.3 is 5.11 Å². The summed E-state index contributed by atoms with van der Waals surface area (Å²) in [5.41, 5.74) is 0.683. The maximum Gasteiger partial charge on any atom is 0.330 e. The van der Waals surface area contributed by atoms with Gasteiger partial charge in [-0.3, -0.25) is 4.90 Å². The molecule has 0 saturated carbocycles. The topological polar surface area (TPSA) is 40.5 Å². The Labute approximate surface area is 125 Å². The van der Waals surface area contributed by atoms with Crippen LogP contribution in [0.25, 0.3) is 0 Å². The van der Waals surface area contributed by atoms with Gasteiger partial charge in [0.05, 0.1) is 0 Å². The third-order valence-corrected chi connectivity index (χ3v) is 3.53. The summed E-state index contributed by atoms with van der Waals surface area (Å²) in [6.45, 7) is 18.2. The Bertz CT molecular complexity index is 307. The zero-order valence-corrected chi connectivity index (χ0v) is 14.3. The number of carboxylic acids is 1. The first-order chi connectivity index (χ1) is 8.96. The molecule has 0 heterocycles. The molecule has 0 saturated heterocycles. The van der Waals surface area contributed by atoms with Crippen LogP contribution >= 0.6 is 0 Å². The molecule has 0 fully saturated rings. The fraction of sp³-hybridized carbons (Fsp3) is 0.824. The Hall–Kier alpha value is -0.830. The van der Waals surface area contributed by atoms with Crippen molar-refractivity contribution in [2.24, 2.45) is 0 Å². The van der Waals surface area contributed by atoms with E-state index in [9.17, 15) is 4.79 Å². The zero-order chi connectivity index (χ0) is 16.0. The lowest BCUT2D eigenvalue weighted by Crippen LogP contribution is -2.52. The standard InChI is InChI=1S/C17H33NO2/c1-14(15(19)20)12-10-8-9-11-13-18(16(2,3)4)17(5,6)7/h1,8-13H2,2-7H3,(H,19,20). The fourth-order valence-electron chi connectivity index (χ4n) is 2.75. The third-order valence-electron chi connectivity index (χ3n) is 3.53. The Morgan fingerprint density at radius 1 is 0.950 bits per heavy atom. The van der Waals surface area contributed by atoms with Gasteiger partial charge in [-0.25, -0.2) is 4.79 Å². The number of carboxylic acid groups (broad SMARTS) is 1. The average molecular weight is 283 g/mol. The molecule has 0 amide bonds. The summed E-state index contributed by atoms with van der Waals surface area (Å²) in [5, 5.41) is 8.73. The summed E-state index contributed by atoms with van der Waals surface area (Å²) in [5.74, 6) is -0.864. The van der Waals surface area contributed by atoms with Gasteiger partial charge in [0.25, 0.3) is 0 Å². The molecule has 0 atom stereocenters. The molecule has 118 valence electrons. The lowest BCUT2D eigenvalue weighted by molar-refractivity contribution is -0.132. The van der Waals surface area contributed by atoms with Gasteiger partial charge in [0.15, 0.2) is 0 Å². The van der Waals surface area contributed by atoms with Gasteiger partial charge in [-0.15, -0.1) is 0 Å². The highest BCUT2D eigenvalue weighted by molar-refractivity contribution is 5.85. The molecule has 20 heavy (non-hydrogen) atoms. The smallest absolute Gasteiger partial charge is 0.330 e. The molecule has 0 unspecified atom stereocenters. The second-order valence-corrected chi connectivity index (χ2v) is 7.57. The second-order valence-electron chi connectivity index (χ2n) is 7.57. The lowest BCUT2D eigenvalue weighted by Gasteiger charge is -2.45. The van der Waals surface area contributed by atoms with E-state index in [0.29, 0.717) is 12.0 Å². The minimum absolute atomic E-state index is 0.176. The maximum atomic E-state index is 10.6. The highest BCUT2D eigenvalue weighted by Crippen LogP contribution is 2.25. The quantitative estimate of drug-likeness (QED) is 0.527. The van der Waals surface area contributed by atoms with Crippen molar-refractivity contribution in [3.05, 3.63) is 12.2 Å². The molecule has 3 nitrogen and oxygen atoms in total. The van der Waals surface area contributed by atoms with Crippen LogP contribution in [0.4, 0.5) is 0 Å². The Morgan fingerprint density at radius 3 is 1.80 bits per heavy atom. The molecule has 0 aliphatic rings. The van der Waals surface area contributed by atoms with E-state index in [4.69, 9.17) is 5.11 Å². The predicted octanol–water partition coefficient (Wildman–Crippen LogP) is 4.48. The highest BCUT2D eigenvalue weighted by atomic mass is 16.4. The number of rotatable bonds is 8. The Balaban J connectivity index is 3.98. The fourth-order valence-corrected chi connectivity index (χ4v) is 2.75. The minimum Gasteiger partial charge on any atom is -0.478 e. The van der Waals surface area contributed by atoms with Crippen LogP contribution in [0.2, 0.25) is 0 Å². The van der Waals surface area contributed by atoms with Crippen molar-refractivity contribution in [2.45, 2.75) is 84.7 Å². The van der Waals surface area contributed by atoms with Crippen LogP contribution in [0.3, 0.4) is 0 Å². The van der Waals surface area contributed by atoms with E-state index in [1.54, 1.807) is 0 Å². The van der Waals surface area contributed by atoms with E-state index in [1.807, 2.05) is 0 Å². The molecule has 0 aromatic rings. The van der Waals surface area contributed by atoms with Gasteiger partial charge in [-0.1, -0.05) is 19.4 Å². The van der Waals surface area contributed by atoms with Gasteiger partial charge >= 0.3 is 5.97 Å². The number of aliphatic carboxylic acids is 1. The van der Waals surface area contributed by atoms with Gasteiger partial charge in [0.1, 0.15) is 0 Å². The van der Waals surface area contributed by atoms with Gasteiger partial charge in [-0.05, 0) is 67.3 Å². The molecule has 0 aromatic carbocycles. The maximum absolute atomic E-state index is 10.6. The molecule has 0 rings (SSSR count). The lowest BCUT2D eigenvalue weighted by atomic mass is 9.95. The third kappa shape index (κ3) is 7.68. The molecule has 0 radical (unpaired) electrons.